The molecule has 2 N–H and O–H groups in total. The Balaban J connectivity index is 1.06. The Bertz CT molecular complexity index is 1540. The lowest BCUT2D eigenvalue weighted by atomic mass is 9.96. The number of pyridine rings is 1. The van der Waals surface area contributed by atoms with Crippen molar-refractivity contribution < 1.29 is 0 Å². The van der Waals surface area contributed by atoms with E-state index in [9.17, 15) is 0 Å². The molecule has 5 nitrogen and oxygen atoms in total. The number of aromatic nitrogens is 3. The van der Waals surface area contributed by atoms with Gasteiger partial charge in [0.15, 0.2) is 0 Å². The first-order valence-electron chi connectivity index (χ1n) is 14.2. The number of nitrogens with zero attached hydrogens (tertiary/aromatic N) is 3. The highest BCUT2D eigenvalue weighted by atomic mass is 15.0. The topological polar surface area (TPSA) is 66.0 Å². The number of hydrogen-bond donors (Lipinski definition) is 2. The Hall–Kier alpha value is -3.57. The summed E-state index contributed by atoms with van der Waals surface area (Å²) >= 11 is 0. The van der Waals surface area contributed by atoms with Crippen molar-refractivity contribution in [2.75, 3.05) is 0 Å². The first kappa shape index (κ1) is 23.5. The molecule has 1 saturated carbocycles. The zero-order valence-corrected chi connectivity index (χ0v) is 22.2. The summed E-state index contributed by atoms with van der Waals surface area (Å²) in [6.07, 6.45) is 11.1. The third-order valence-electron chi connectivity index (χ3n) is 8.77. The summed E-state index contributed by atoms with van der Waals surface area (Å²) in [4.78, 5) is 18.0. The number of rotatable bonds is 5. The van der Waals surface area contributed by atoms with E-state index in [-0.39, 0.29) is 0 Å². The van der Waals surface area contributed by atoms with Crippen molar-refractivity contribution in [2.24, 2.45) is 10.9 Å². The number of fused-ring (bicyclic) bond motifs is 1. The summed E-state index contributed by atoms with van der Waals surface area (Å²) in [5.74, 6) is 2.47. The number of H-pyrrole nitrogens is 1. The Morgan fingerprint density at radius 1 is 0.842 bits per heavy atom. The van der Waals surface area contributed by atoms with Crippen LogP contribution in [0.25, 0.3) is 39.0 Å². The van der Waals surface area contributed by atoms with Crippen LogP contribution in [0.15, 0.2) is 72.0 Å². The number of imidazole rings is 1. The van der Waals surface area contributed by atoms with Crippen molar-refractivity contribution in [3.8, 4) is 22.5 Å². The Labute approximate surface area is 224 Å². The number of allylic oxidation sites excluding steroid dienone is 1. The standard InChI is InChI=1S/C33H35N5/c1-20-3-5-26(15-20)33-35-19-32(38-33)30-14-11-25-16-24(10-13-28(25)37-30)22-6-8-23(9-7-22)27-17-31(34-18-27)29-12-4-21(2)36-29/h6-11,13-14,16,18-21,26,29,36H,3-5,12,15,17H2,1-2H3,(H,35,38)/t20-,21-,26+,29-/m0/s1. The molecule has 0 bridgehead atoms. The molecular weight excluding hydrogens is 466 g/mol. The molecule has 5 heteroatoms. The highest BCUT2D eigenvalue weighted by molar-refractivity contribution is 6.01. The van der Waals surface area contributed by atoms with E-state index in [1.54, 1.807) is 0 Å². The van der Waals surface area contributed by atoms with Gasteiger partial charge in [0.2, 0.25) is 0 Å². The van der Waals surface area contributed by atoms with Gasteiger partial charge in [-0.3, -0.25) is 4.99 Å². The summed E-state index contributed by atoms with van der Waals surface area (Å²) < 4.78 is 0. The Kier molecular flexibility index (Phi) is 5.96. The highest BCUT2D eigenvalue weighted by Crippen LogP contribution is 2.37. The largest absolute Gasteiger partial charge is 0.341 e. The number of aliphatic imine (C=N–C) groups is 1. The minimum absolute atomic E-state index is 0.441. The van der Waals surface area contributed by atoms with Gasteiger partial charge in [-0.05, 0) is 85.4 Å². The second kappa shape index (κ2) is 9.63. The van der Waals surface area contributed by atoms with Gasteiger partial charge in [0.05, 0.1) is 23.1 Å². The molecule has 1 aliphatic carbocycles. The zero-order chi connectivity index (χ0) is 25.6. The van der Waals surface area contributed by atoms with Crippen molar-refractivity contribution >= 4 is 22.2 Å². The zero-order valence-electron chi connectivity index (χ0n) is 22.2. The summed E-state index contributed by atoms with van der Waals surface area (Å²) in [5, 5.41) is 4.81. The second-order valence-electron chi connectivity index (χ2n) is 11.6. The van der Waals surface area contributed by atoms with Gasteiger partial charge in [0.1, 0.15) is 5.82 Å². The maximum Gasteiger partial charge on any atom is 0.109 e. The van der Waals surface area contributed by atoms with E-state index in [4.69, 9.17) is 15.0 Å². The maximum atomic E-state index is 4.95. The van der Waals surface area contributed by atoms with Gasteiger partial charge in [-0.2, -0.15) is 0 Å². The lowest BCUT2D eigenvalue weighted by molar-refractivity contribution is 0.588. The van der Waals surface area contributed by atoms with Crippen molar-refractivity contribution in [1.29, 1.82) is 0 Å². The molecule has 3 aliphatic rings. The van der Waals surface area contributed by atoms with Gasteiger partial charge in [0.25, 0.3) is 0 Å². The predicted molar refractivity (Wildman–Crippen MR) is 156 cm³/mol. The molecule has 4 aromatic rings. The molecule has 2 aromatic heterocycles. The molecule has 192 valence electrons. The average molecular weight is 502 g/mol. The van der Waals surface area contributed by atoms with Gasteiger partial charge < -0.3 is 10.3 Å². The van der Waals surface area contributed by atoms with Gasteiger partial charge in [-0.25, -0.2) is 9.97 Å². The van der Waals surface area contributed by atoms with E-state index in [0.29, 0.717) is 18.0 Å². The molecule has 1 saturated heterocycles. The fourth-order valence-corrected chi connectivity index (χ4v) is 6.49. The fourth-order valence-electron chi connectivity index (χ4n) is 6.49. The van der Waals surface area contributed by atoms with Crippen LogP contribution in [-0.4, -0.2) is 32.7 Å². The first-order valence-corrected chi connectivity index (χ1v) is 14.2. The first-order chi connectivity index (χ1) is 18.6. The molecule has 0 radical (unpaired) electrons. The quantitative estimate of drug-likeness (QED) is 0.297. The number of benzene rings is 2. The van der Waals surface area contributed by atoms with Crippen molar-refractivity contribution in [2.45, 2.75) is 70.4 Å². The minimum atomic E-state index is 0.441. The van der Waals surface area contributed by atoms with Crippen LogP contribution in [0.1, 0.15) is 69.7 Å². The fraction of sp³-hybridized carbons (Fsp3) is 0.364. The average Bonchev–Trinajstić information content (AvgIpc) is 3.75. The number of hydrogen-bond acceptors (Lipinski definition) is 4. The van der Waals surface area contributed by atoms with Crippen LogP contribution >= 0.6 is 0 Å². The SMILES string of the molecule is C[C@H]1CC[C@@H](c2ncc(-c3ccc4cc(-c5ccc(C6=CN=C([C@@H]7CC[C@H](C)N7)C6)cc5)ccc4n3)[nH]2)C1. The smallest absolute Gasteiger partial charge is 0.109 e. The molecule has 7 rings (SSSR count). The van der Waals surface area contributed by atoms with Gasteiger partial charge in [-0.1, -0.05) is 43.3 Å². The summed E-state index contributed by atoms with van der Waals surface area (Å²) in [5.41, 5.74) is 9.25. The van der Waals surface area contributed by atoms with Gasteiger partial charge in [0, 0.05) is 41.7 Å². The minimum Gasteiger partial charge on any atom is -0.341 e. The van der Waals surface area contributed by atoms with Crippen molar-refractivity contribution in [3.63, 3.8) is 0 Å². The normalized spacial score (nSPS) is 25.2. The van der Waals surface area contributed by atoms with Crippen LogP contribution in [0.2, 0.25) is 0 Å². The lowest BCUT2D eigenvalue weighted by Crippen LogP contribution is -2.33. The maximum absolute atomic E-state index is 4.95. The molecular formula is C33H35N5. The third-order valence-corrected chi connectivity index (χ3v) is 8.77. The Morgan fingerprint density at radius 2 is 1.68 bits per heavy atom. The van der Waals surface area contributed by atoms with Crippen LogP contribution < -0.4 is 5.32 Å². The van der Waals surface area contributed by atoms with Crippen molar-refractivity contribution in [1.82, 2.24) is 20.3 Å². The summed E-state index contributed by atoms with van der Waals surface area (Å²) in [7, 11) is 0. The van der Waals surface area contributed by atoms with E-state index < -0.39 is 0 Å². The molecule has 4 atom stereocenters. The van der Waals surface area contributed by atoms with E-state index in [1.165, 1.54) is 60.1 Å². The van der Waals surface area contributed by atoms with Crippen LogP contribution in [0, 0.1) is 5.92 Å². The summed E-state index contributed by atoms with van der Waals surface area (Å²) in [6, 6.07) is 20.8. The lowest BCUT2D eigenvalue weighted by Gasteiger charge is -2.13. The molecule has 2 aromatic carbocycles. The molecule has 2 fully saturated rings. The molecule has 2 aliphatic heterocycles. The van der Waals surface area contributed by atoms with Crippen LogP contribution in [0.4, 0.5) is 0 Å². The molecule has 0 amide bonds. The molecule has 0 unspecified atom stereocenters. The van der Waals surface area contributed by atoms with Crippen molar-refractivity contribution in [3.05, 3.63) is 78.4 Å². The van der Waals surface area contributed by atoms with Gasteiger partial charge in [-0.15, -0.1) is 0 Å². The van der Waals surface area contributed by atoms with E-state index in [1.807, 2.05) is 6.20 Å². The predicted octanol–water partition coefficient (Wildman–Crippen LogP) is 7.52. The van der Waals surface area contributed by atoms with E-state index in [2.05, 4.69) is 84.9 Å². The Morgan fingerprint density at radius 3 is 2.47 bits per heavy atom. The number of nitrogens with one attached hydrogen (secondary N) is 2. The van der Waals surface area contributed by atoms with Crippen LogP contribution in [-0.2, 0) is 0 Å². The van der Waals surface area contributed by atoms with Gasteiger partial charge >= 0.3 is 0 Å². The molecule has 38 heavy (non-hydrogen) atoms. The van der Waals surface area contributed by atoms with Crippen LogP contribution in [0.3, 0.4) is 0 Å². The number of aromatic amines is 1. The van der Waals surface area contributed by atoms with E-state index >= 15 is 0 Å². The van der Waals surface area contributed by atoms with Crippen LogP contribution in [0.5, 0.6) is 0 Å². The highest BCUT2D eigenvalue weighted by Gasteiger charge is 2.27. The monoisotopic (exact) mass is 501 g/mol. The second-order valence-corrected chi connectivity index (χ2v) is 11.6. The third kappa shape index (κ3) is 4.49. The van der Waals surface area contributed by atoms with E-state index in [0.717, 1.165) is 40.5 Å². The molecule has 4 heterocycles. The summed E-state index contributed by atoms with van der Waals surface area (Å²) in [6.45, 7) is 4.60. The molecule has 0 spiro atoms.